The van der Waals surface area contributed by atoms with E-state index in [2.05, 4.69) is 4.98 Å². The molecule has 2 aromatic heterocycles. The van der Waals surface area contributed by atoms with Crippen molar-refractivity contribution >= 4 is 33.8 Å². The number of nitrogens with zero attached hydrogens (tertiary/aromatic N) is 1. The first-order chi connectivity index (χ1) is 10.5. The summed E-state index contributed by atoms with van der Waals surface area (Å²) in [4.78, 5) is 26.2. The standard InChI is InChI=1S/C15H7F2NO3S/c16-8-3-7(4-9(17)5-8)10-1-2-18-12-11(6-19)14(15(20)21)22-13(10)12/h1-6H,(H,20,21). The lowest BCUT2D eigenvalue weighted by molar-refractivity contribution is 0.0699. The van der Waals surface area contributed by atoms with Gasteiger partial charge in [-0.15, -0.1) is 11.3 Å². The van der Waals surface area contributed by atoms with E-state index in [1.165, 1.54) is 12.3 Å². The van der Waals surface area contributed by atoms with Crippen LogP contribution in [0.5, 0.6) is 0 Å². The smallest absolute Gasteiger partial charge is 0.346 e. The first kappa shape index (κ1) is 14.3. The van der Waals surface area contributed by atoms with Crippen molar-refractivity contribution in [2.45, 2.75) is 0 Å². The van der Waals surface area contributed by atoms with Crippen LogP contribution in [0.4, 0.5) is 8.78 Å². The average Bonchev–Trinajstić information content (AvgIpc) is 2.84. The van der Waals surface area contributed by atoms with Gasteiger partial charge in [-0.25, -0.2) is 13.6 Å². The van der Waals surface area contributed by atoms with Gasteiger partial charge in [0, 0.05) is 17.8 Å². The van der Waals surface area contributed by atoms with Gasteiger partial charge in [-0.3, -0.25) is 9.78 Å². The van der Waals surface area contributed by atoms with Crippen LogP contribution in [0.2, 0.25) is 0 Å². The summed E-state index contributed by atoms with van der Waals surface area (Å²) in [5, 5.41) is 9.15. The number of fused-ring (bicyclic) bond motifs is 1. The SMILES string of the molecule is O=Cc1c(C(=O)O)sc2c(-c3cc(F)cc(F)c3)ccnc12. The molecule has 0 spiro atoms. The Kier molecular flexibility index (Phi) is 3.42. The summed E-state index contributed by atoms with van der Waals surface area (Å²) < 4.78 is 27.2. The minimum Gasteiger partial charge on any atom is -0.477 e. The van der Waals surface area contributed by atoms with Crippen LogP contribution in [-0.4, -0.2) is 22.3 Å². The molecule has 0 aliphatic heterocycles. The Balaban J connectivity index is 2.36. The van der Waals surface area contributed by atoms with Gasteiger partial charge in [0.1, 0.15) is 16.5 Å². The van der Waals surface area contributed by atoms with Crippen molar-refractivity contribution in [1.82, 2.24) is 4.98 Å². The first-order valence-corrected chi connectivity index (χ1v) is 6.89. The molecule has 2 heterocycles. The number of carboxylic acids is 1. The second-order valence-corrected chi connectivity index (χ2v) is 5.48. The molecule has 3 rings (SSSR count). The second-order valence-electron chi connectivity index (χ2n) is 4.46. The van der Waals surface area contributed by atoms with Crippen molar-refractivity contribution in [1.29, 1.82) is 0 Å². The summed E-state index contributed by atoms with van der Waals surface area (Å²) in [6, 6.07) is 4.54. The number of benzene rings is 1. The monoisotopic (exact) mass is 319 g/mol. The maximum absolute atomic E-state index is 13.4. The van der Waals surface area contributed by atoms with Gasteiger partial charge in [0.25, 0.3) is 0 Å². The topological polar surface area (TPSA) is 67.3 Å². The second kappa shape index (κ2) is 5.27. The Morgan fingerprint density at radius 3 is 2.50 bits per heavy atom. The molecule has 0 fully saturated rings. The number of carboxylic acid groups (broad SMARTS) is 1. The summed E-state index contributed by atoms with van der Waals surface area (Å²) in [6.45, 7) is 0. The summed E-state index contributed by atoms with van der Waals surface area (Å²) in [6.07, 6.45) is 1.79. The minimum absolute atomic E-state index is 0.0359. The maximum Gasteiger partial charge on any atom is 0.346 e. The third-order valence-corrected chi connectivity index (χ3v) is 4.31. The predicted octanol–water partition coefficient (Wildman–Crippen LogP) is 3.75. The molecular weight excluding hydrogens is 312 g/mol. The van der Waals surface area contributed by atoms with E-state index in [-0.39, 0.29) is 21.5 Å². The zero-order valence-electron chi connectivity index (χ0n) is 10.8. The van der Waals surface area contributed by atoms with E-state index in [1.807, 2.05) is 0 Å². The number of aromatic nitrogens is 1. The molecule has 4 nitrogen and oxygen atoms in total. The Morgan fingerprint density at radius 1 is 1.23 bits per heavy atom. The number of halogens is 2. The lowest BCUT2D eigenvalue weighted by atomic mass is 10.1. The van der Waals surface area contributed by atoms with Gasteiger partial charge >= 0.3 is 5.97 Å². The number of hydrogen-bond acceptors (Lipinski definition) is 4. The number of carbonyl (C=O) groups excluding carboxylic acids is 1. The number of pyridine rings is 1. The van der Waals surface area contributed by atoms with Gasteiger partial charge in [-0.05, 0) is 23.8 Å². The van der Waals surface area contributed by atoms with Crippen molar-refractivity contribution in [3.63, 3.8) is 0 Å². The highest BCUT2D eigenvalue weighted by Crippen LogP contribution is 2.36. The summed E-state index contributed by atoms with van der Waals surface area (Å²) in [7, 11) is 0. The van der Waals surface area contributed by atoms with E-state index in [0.29, 0.717) is 16.5 Å². The predicted molar refractivity (Wildman–Crippen MR) is 77.3 cm³/mol. The number of hydrogen-bond donors (Lipinski definition) is 1. The molecule has 0 aliphatic rings. The van der Waals surface area contributed by atoms with Crippen LogP contribution in [0.25, 0.3) is 21.3 Å². The summed E-state index contributed by atoms with van der Waals surface area (Å²) >= 11 is 0.852. The Morgan fingerprint density at radius 2 is 1.91 bits per heavy atom. The largest absolute Gasteiger partial charge is 0.477 e. The highest BCUT2D eigenvalue weighted by Gasteiger charge is 2.20. The van der Waals surface area contributed by atoms with Crippen LogP contribution >= 0.6 is 11.3 Å². The zero-order chi connectivity index (χ0) is 15.9. The minimum atomic E-state index is -1.25. The van der Waals surface area contributed by atoms with Crippen LogP contribution in [-0.2, 0) is 0 Å². The van der Waals surface area contributed by atoms with E-state index in [0.717, 1.165) is 29.5 Å². The van der Waals surface area contributed by atoms with Crippen molar-refractivity contribution in [2.75, 3.05) is 0 Å². The molecule has 22 heavy (non-hydrogen) atoms. The van der Waals surface area contributed by atoms with Crippen molar-refractivity contribution < 1.29 is 23.5 Å². The van der Waals surface area contributed by atoms with Crippen LogP contribution in [0.15, 0.2) is 30.5 Å². The quantitative estimate of drug-likeness (QED) is 0.747. The summed E-state index contributed by atoms with van der Waals surface area (Å²) in [5.74, 6) is -2.74. The molecule has 0 radical (unpaired) electrons. The lowest BCUT2D eigenvalue weighted by Crippen LogP contribution is -1.96. The molecule has 3 aromatic rings. The van der Waals surface area contributed by atoms with Gasteiger partial charge in [-0.2, -0.15) is 0 Å². The van der Waals surface area contributed by atoms with Crippen molar-refractivity contribution in [3.8, 4) is 11.1 Å². The number of aldehydes is 1. The third-order valence-electron chi connectivity index (χ3n) is 3.09. The molecule has 1 N–H and O–H groups in total. The molecule has 0 atom stereocenters. The fourth-order valence-corrected chi connectivity index (χ4v) is 3.31. The van der Waals surface area contributed by atoms with Gasteiger partial charge in [0.05, 0.1) is 15.8 Å². The lowest BCUT2D eigenvalue weighted by Gasteiger charge is -2.04. The third kappa shape index (κ3) is 2.25. The van der Waals surface area contributed by atoms with Gasteiger partial charge in [0.2, 0.25) is 0 Å². The Labute approximate surface area is 126 Å². The molecule has 7 heteroatoms. The van der Waals surface area contributed by atoms with Crippen LogP contribution < -0.4 is 0 Å². The molecular formula is C15H7F2NO3S. The average molecular weight is 319 g/mol. The molecule has 1 aromatic carbocycles. The highest BCUT2D eigenvalue weighted by atomic mass is 32.1. The highest BCUT2D eigenvalue weighted by molar-refractivity contribution is 7.21. The number of thiophene rings is 1. The van der Waals surface area contributed by atoms with E-state index >= 15 is 0 Å². The fraction of sp³-hybridized carbons (Fsp3) is 0. The molecule has 110 valence electrons. The molecule has 0 saturated heterocycles. The van der Waals surface area contributed by atoms with E-state index in [1.54, 1.807) is 0 Å². The van der Waals surface area contributed by atoms with Gasteiger partial charge in [-0.1, -0.05) is 0 Å². The van der Waals surface area contributed by atoms with E-state index in [4.69, 9.17) is 5.11 Å². The number of carbonyl (C=O) groups is 2. The number of rotatable bonds is 3. The molecule has 0 saturated carbocycles. The normalized spacial score (nSPS) is 10.8. The van der Waals surface area contributed by atoms with Gasteiger partial charge in [0.15, 0.2) is 6.29 Å². The van der Waals surface area contributed by atoms with Crippen LogP contribution in [0.1, 0.15) is 20.0 Å². The van der Waals surface area contributed by atoms with Crippen molar-refractivity contribution in [3.05, 3.63) is 52.5 Å². The Bertz CT molecular complexity index is 900. The molecule has 0 unspecified atom stereocenters. The molecule has 0 aliphatic carbocycles. The zero-order valence-corrected chi connectivity index (χ0v) is 11.7. The van der Waals surface area contributed by atoms with Crippen LogP contribution in [0.3, 0.4) is 0 Å². The first-order valence-electron chi connectivity index (χ1n) is 6.07. The maximum atomic E-state index is 13.4. The van der Waals surface area contributed by atoms with Gasteiger partial charge < -0.3 is 5.11 Å². The van der Waals surface area contributed by atoms with E-state index < -0.39 is 17.6 Å². The van der Waals surface area contributed by atoms with E-state index in [9.17, 15) is 18.4 Å². The number of aromatic carboxylic acids is 1. The van der Waals surface area contributed by atoms with Crippen LogP contribution in [0, 0.1) is 11.6 Å². The van der Waals surface area contributed by atoms with Crippen molar-refractivity contribution in [2.24, 2.45) is 0 Å². The Hall–Kier alpha value is -2.67. The molecule has 0 amide bonds. The summed E-state index contributed by atoms with van der Waals surface area (Å²) in [5.41, 5.74) is 0.843. The fourth-order valence-electron chi connectivity index (χ4n) is 2.21. The molecule has 0 bridgehead atoms.